The third kappa shape index (κ3) is 4.63. The van der Waals surface area contributed by atoms with Crippen LogP contribution in [0.25, 0.3) is 0 Å². The molecule has 0 saturated carbocycles. The van der Waals surface area contributed by atoms with Crippen LogP contribution in [-0.4, -0.2) is 23.8 Å². The number of aliphatic hydroxyl groups is 1. The number of rotatable bonds is 6. The number of hydrogen-bond donors (Lipinski definition) is 2. The summed E-state index contributed by atoms with van der Waals surface area (Å²) in [6.45, 7) is 12.2. The van der Waals surface area contributed by atoms with Crippen LogP contribution in [0.3, 0.4) is 0 Å². The van der Waals surface area contributed by atoms with Crippen molar-refractivity contribution in [2.24, 2.45) is 11.8 Å². The molecule has 0 radical (unpaired) electrons. The first kappa shape index (κ1) is 12.9. The van der Waals surface area contributed by atoms with Crippen LogP contribution in [0.15, 0.2) is 0 Å². The van der Waals surface area contributed by atoms with Gasteiger partial charge >= 0.3 is 0 Å². The Morgan fingerprint density at radius 2 is 1.77 bits per heavy atom. The standard InChI is InChI=1S/C11H25NO/c1-6-11(13,10(4)5)8-12-7-9(2)3/h9-10,12-13H,6-8H2,1-5H3. The highest BCUT2D eigenvalue weighted by Gasteiger charge is 2.27. The molecular weight excluding hydrogens is 162 g/mol. The third-order valence-corrected chi connectivity index (χ3v) is 2.67. The predicted molar refractivity (Wildman–Crippen MR) is 57.8 cm³/mol. The molecule has 1 atom stereocenters. The van der Waals surface area contributed by atoms with E-state index in [1.165, 1.54) is 0 Å². The van der Waals surface area contributed by atoms with Crippen LogP contribution in [0, 0.1) is 11.8 Å². The molecular formula is C11H25NO. The molecule has 2 nitrogen and oxygen atoms in total. The van der Waals surface area contributed by atoms with E-state index < -0.39 is 5.60 Å². The van der Waals surface area contributed by atoms with E-state index in [0.717, 1.165) is 13.0 Å². The highest BCUT2D eigenvalue weighted by molar-refractivity contribution is 4.82. The van der Waals surface area contributed by atoms with Gasteiger partial charge in [0.1, 0.15) is 0 Å². The summed E-state index contributed by atoms with van der Waals surface area (Å²) in [5, 5.41) is 13.5. The number of nitrogens with one attached hydrogen (secondary N) is 1. The van der Waals surface area contributed by atoms with Gasteiger partial charge in [-0.1, -0.05) is 34.6 Å². The van der Waals surface area contributed by atoms with E-state index in [1.54, 1.807) is 0 Å². The summed E-state index contributed by atoms with van der Waals surface area (Å²) in [6, 6.07) is 0. The van der Waals surface area contributed by atoms with E-state index in [9.17, 15) is 5.11 Å². The van der Waals surface area contributed by atoms with Gasteiger partial charge in [0.05, 0.1) is 5.60 Å². The Bertz CT molecular complexity index is 134. The first-order valence-corrected chi connectivity index (χ1v) is 5.35. The summed E-state index contributed by atoms with van der Waals surface area (Å²) in [4.78, 5) is 0. The van der Waals surface area contributed by atoms with Gasteiger partial charge in [-0.3, -0.25) is 0 Å². The fourth-order valence-electron chi connectivity index (χ4n) is 1.31. The lowest BCUT2D eigenvalue weighted by atomic mass is 9.87. The topological polar surface area (TPSA) is 32.3 Å². The minimum absolute atomic E-state index is 0.317. The van der Waals surface area contributed by atoms with Gasteiger partial charge in [-0.15, -0.1) is 0 Å². The second-order valence-electron chi connectivity index (χ2n) is 4.64. The molecule has 0 spiro atoms. The van der Waals surface area contributed by atoms with E-state index in [0.29, 0.717) is 18.4 Å². The Hall–Kier alpha value is -0.0800. The maximum absolute atomic E-state index is 10.1. The van der Waals surface area contributed by atoms with Crippen molar-refractivity contribution < 1.29 is 5.11 Å². The van der Waals surface area contributed by atoms with E-state index in [2.05, 4.69) is 33.0 Å². The largest absolute Gasteiger partial charge is 0.388 e. The van der Waals surface area contributed by atoms with Crippen LogP contribution in [0.2, 0.25) is 0 Å². The Kier molecular flexibility index (Phi) is 5.57. The maximum atomic E-state index is 10.1. The lowest BCUT2D eigenvalue weighted by Gasteiger charge is -2.31. The molecule has 0 bridgehead atoms. The van der Waals surface area contributed by atoms with Crippen molar-refractivity contribution in [1.29, 1.82) is 0 Å². The molecule has 2 N–H and O–H groups in total. The van der Waals surface area contributed by atoms with Crippen LogP contribution in [0.4, 0.5) is 0 Å². The van der Waals surface area contributed by atoms with Crippen molar-refractivity contribution in [3.8, 4) is 0 Å². The van der Waals surface area contributed by atoms with E-state index in [1.807, 2.05) is 6.92 Å². The second-order valence-corrected chi connectivity index (χ2v) is 4.64. The quantitative estimate of drug-likeness (QED) is 0.667. The summed E-state index contributed by atoms with van der Waals surface area (Å²) >= 11 is 0. The molecule has 0 amide bonds. The Morgan fingerprint density at radius 3 is 2.08 bits per heavy atom. The monoisotopic (exact) mass is 187 g/mol. The first-order valence-electron chi connectivity index (χ1n) is 5.35. The van der Waals surface area contributed by atoms with Gasteiger partial charge in [0.2, 0.25) is 0 Å². The van der Waals surface area contributed by atoms with E-state index in [4.69, 9.17) is 0 Å². The molecule has 0 aromatic rings. The Labute approximate surface area is 82.7 Å². The van der Waals surface area contributed by atoms with Crippen LogP contribution < -0.4 is 5.32 Å². The van der Waals surface area contributed by atoms with Gasteiger partial charge in [0.15, 0.2) is 0 Å². The van der Waals surface area contributed by atoms with Crippen LogP contribution in [0.1, 0.15) is 41.0 Å². The lowest BCUT2D eigenvalue weighted by Crippen LogP contribution is -2.45. The average Bonchev–Trinajstić information content (AvgIpc) is 2.03. The summed E-state index contributed by atoms with van der Waals surface area (Å²) in [5.74, 6) is 0.963. The second kappa shape index (κ2) is 5.61. The highest BCUT2D eigenvalue weighted by atomic mass is 16.3. The van der Waals surface area contributed by atoms with Gasteiger partial charge < -0.3 is 10.4 Å². The summed E-state index contributed by atoms with van der Waals surface area (Å²) < 4.78 is 0. The molecule has 13 heavy (non-hydrogen) atoms. The molecule has 0 aliphatic rings. The summed E-state index contributed by atoms with van der Waals surface area (Å²) in [7, 11) is 0. The van der Waals surface area contributed by atoms with Crippen molar-refractivity contribution in [2.75, 3.05) is 13.1 Å². The van der Waals surface area contributed by atoms with Crippen molar-refractivity contribution in [3.05, 3.63) is 0 Å². The zero-order valence-corrected chi connectivity index (χ0v) is 9.72. The summed E-state index contributed by atoms with van der Waals surface area (Å²) in [6.07, 6.45) is 0.815. The SMILES string of the molecule is CCC(O)(CNCC(C)C)C(C)C. The molecule has 80 valence electrons. The molecule has 1 unspecified atom stereocenters. The molecule has 0 aromatic carbocycles. The minimum atomic E-state index is -0.533. The molecule has 0 aliphatic heterocycles. The van der Waals surface area contributed by atoms with Crippen molar-refractivity contribution in [2.45, 2.75) is 46.6 Å². The van der Waals surface area contributed by atoms with E-state index in [-0.39, 0.29) is 0 Å². The van der Waals surface area contributed by atoms with Crippen LogP contribution in [-0.2, 0) is 0 Å². The Morgan fingerprint density at radius 1 is 1.23 bits per heavy atom. The molecule has 0 saturated heterocycles. The smallest absolute Gasteiger partial charge is 0.0791 e. The molecule has 0 aromatic heterocycles. The minimum Gasteiger partial charge on any atom is -0.388 e. The van der Waals surface area contributed by atoms with Gasteiger partial charge in [0, 0.05) is 6.54 Å². The molecule has 0 rings (SSSR count). The normalized spacial score (nSPS) is 16.6. The molecule has 0 heterocycles. The van der Waals surface area contributed by atoms with E-state index >= 15 is 0 Å². The maximum Gasteiger partial charge on any atom is 0.0791 e. The van der Waals surface area contributed by atoms with Crippen molar-refractivity contribution in [3.63, 3.8) is 0 Å². The zero-order valence-electron chi connectivity index (χ0n) is 9.72. The molecule has 0 aliphatic carbocycles. The Balaban J connectivity index is 3.84. The predicted octanol–water partition coefficient (Wildman–Crippen LogP) is 2.03. The zero-order chi connectivity index (χ0) is 10.5. The van der Waals surface area contributed by atoms with Gasteiger partial charge in [-0.2, -0.15) is 0 Å². The highest BCUT2D eigenvalue weighted by Crippen LogP contribution is 2.19. The lowest BCUT2D eigenvalue weighted by molar-refractivity contribution is -0.00793. The van der Waals surface area contributed by atoms with Crippen LogP contribution in [0.5, 0.6) is 0 Å². The van der Waals surface area contributed by atoms with Gasteiger partial charge in [-0.25, -0.2) is 0 Å². The van der Waals surface area contributed by atoms with Gasteiger partial charge in [0.25, 0.3) is 0 Å². The third-order valence-electron chi connectivity index (χ3n) is 2.67. The first-order chi connectivity index (χ1) is 5.92. The number of hydrogen-bond acceptors (Lipinski definition) is 2. The van der Waals surface area contributed by atoms with Crippen LogP contribution >= 0.6 is 0 Å². The fourth-order valence-corrected chi connectivity index (χ4v) is 1.31. The molecule has 0 fully saturated rings. The van der Waals surface area contributed by atoms with Crippen molar-refractivity contribution in [1.82, 2.24) is 5.32 Å². The fraction of sp³-hybridized carbons (Fsp3) is 1.00. The average molecular weight is 187 g/mol. The van der Waals surface area contributed by atoms with Gasteiger partial charge in [-0.05, 0) is 24.8 Å². The van der Waals surface area contributed by atoms with Crippen molar-refractivity contribution >= 4 is 0 Å². The summed E-state index contributed by atoms with van der Waals surface area (Å²) in [5.41, 5.74) is -0.533. The molecule has 2 heteroatoms.